The Labute approximate surface area is 159 Å². The summed E-state index contributed by atoms with van der Waals surface area (Å²) < 4.78 is 9.27. The van der Waals surface area contributed by atoms with Crippen LogP contribution in [0.25, 0.3) is 0 Å². The van der Waals surface area contributed by atoms with Gasteiger partial charge in [0.05, 0.1) is 25.2 Å². The molecule has 25 heavy (non-hydrogen) atoms. The quantitative estimate of drug-likeness (QED) is 0.283. The van der Waals surface area contributed by atoms with E-state index in [0.29, 0.717) is 12.2 Å². The molecule has 0 aliphatic carbocycles. The average molecular weight is 408 g/mol. The van der Waals surface area contributed by atoms with E-state index in [9.17, 15) is 29.4 Å². The van der Waals surface area contributed by atoms with E-state index < -0.39 is 23.9 Å². The van der Waals surface area contributed by atoms with Crippen molar-refractivity contribution in [1.82, 2.24) is 0 Å². The predicted molar refractivity (Wildman–Crippen MR) is 79.9 cm³/mol. The fraction of sp³-hybridized carbons (Fsp3) is 0.500. The number of carbonyl (C=O) groups is 4. The van der Waals surface area contributed by atoms with Crippen molar-refractivity contribution in [2.75, 3.05) is 13.2 Å². The number of rotatable bonds is 8. The molecular formula is C16H22O8Zn. The molecular weight excluding hydrogens is 386 g/mol. The first kappa shape index (κ1) is 27.8. The van der Waals surface area contributed by atoms with Gasteiger partial charge in [0.25, 0.3) is 0 Å². The molecule has 0 aromatic carbocycles. The van der Waals surface area contributed by atoms with Crippen LogP contribution in [0.3, 0.4) is 0 Å². The minimum absolute atomic E-state index is 0. The molecule has 0 atom stereocenters. The molecule has 0 bridgehead atoms. The Morgan fingerprint density at radius 1 is 0.720 bits per heavy atom. The number of carboxylic acids is 2. The molecule has 0 rings (SSSR count). The molecule has 0 aromatic heterocycles. The number of ether oxygens (including phenoxy) is 2. The third-order valence-corrected chi connectivity index (χ3v) is 1.83. The monoisotopic (exact) mass is 406 g/mol. The molecule has 0 radical (unpaired) electrons. The first-order chi connectivity index (χ1) is 11.0. The van der Waals surface area contributed by atoms with Gasteiger partial charge in [-0.1, -0.05) is 27.7 Å². The molecule has 0 saturated carbocycles. The number of aliphatic carboxylic acids is 2. The van der Waals surface area contributed by atoms with E-state index >= 15 is 0 Å². The standard InChI is InChI=1S/2C8H12O4.Zn/c2*1-6(2)5-12-8(11)4-3-7(9)10;/h2*3-4,6H,5H2,1-2H3,(H,9,10);/q;;+2/p-2/b2*4-3-;. The number of carbonyl (C=O) groups excluding carboxylic acids is 4. The van der Waals surface area contributed by atoms with E-state index in [4.69, 9.17) is 0 Å². The van der Waals surface area contributed by atoms with Crippen LogP contribution in [0, 0.1) is 11.8 Å². The Morgan fingerprint density at radius 3 is 1.20 bits per heavy atom. The number of carboxylic acid groups (broad SMARTS) is 2. The molecule has 0 heterocycles. The molecule has 136 valence electrons. The Morgan fingerprint density at radius 2 is 1.00 bits per heavy atom. The fourth-order valence-corrected chi connectivity index (χ4v) is 0.866. The van der Waals surface area contributed by atoms with Gasteiger partial charge in [-0.25, -0.2) is 9.59 Å². The van der Waals surface area contributed by atoms with Gasteiger partial charge in [0.1, 0.15) is 0 Å². The largest absolute Gasteiger partial charge is 2.00 e. The summed E-state index contributed by atoms with van der Waals surface area (Å²) in [7, 11) is 0. The first-order valence-electron chi connectivity index (χ1n) is 7.16. The summed E-state index contributed by atoms with van der Waals surface area (Å²) in [5.41, 5.74) is 0. The minimum Gasteiger partial charge on any atom is -0.545 e. The zero-order valence-corrected chi connectivity index (χ0v) is 17.8. The third kappa shape index (κ3) is 27.1. The van der Waals surface area contributed by atoms with E-state index in [0.717, 1.165) is 12.2 Å². The van der Waals surface area contributed by atoms with Gasteiger partial charge in [-0.15, -0.1) is 0 Å². The fourth-order valence-electron chi connectivity index (χ4n) is 0.866. The average Bonchev–Trinajstić information content (AvgIpc) is 2.47. The van der Waals surface area contributed by atoms with Gasteiger partial charge < -0.3 is 29.3 Å². The van der Waals surface area contributed by atoms with Gasteiger partial charge in [0.15, 0.2) is 0 Å². The van der Waals surface area contributed by atoms with E-state index in [1.54, 1.807) is 0 Å². The maximum Gasteiger partial charge on any atom is 2.00 e. The van der Waals surface area contributed by atoms with E-state index in [1.165, 1.54) is 0 Å². The van der Waals surface area contributed by atoms with Crippen LogP contribution < -0.4 is 10.2 Å². The second-order valence-corrected chi connectivity index (χ2v) is 5.35. The number of hydrogen-bond donors (Lipinski definition) is 0. The van der Waals surface area contributed by atoms with Crippen LogP contribution in [0.2, 0.25) is 0 Å². The summed E-state index contributed by atoms with van der Waals surface area (Å²) in [5, 5.41) is 19.7. The van der Waals surface area contributed by atoms with E-state index in [2.05, 4.69) is 9.47 Å². The van der Waals surface area contributed by atoms with Crippen molar-refractivity contribution < 1.29 is 58.3 Å². The van der Waals surface area contributed by atoms with Crippen molar-refractivity contribution in [3.63, 3.8) is 0 Å². The summed E-state index contributed by atoms with van der Waals surface area (Å²) in [4.78, 5) is 41.0. The molecule has 8 nitrogen and oxygen atoms in total. The van der Waals surface area contributed by atoms with Crippen LogP contribution >= 0.6 is 0 Å². The Bertz CT molecular complexity index is 437. The van der Waals surface area contributed by atoms with Crippen molar-refractivity contribution in [1.29, 1.82) is 0 Å². The van der Waals surface area contributed by atoms with Crippen LogP contribution in [-0.4, -0.2) is 37.1 Å². The summed E-state index contributed by atoms with van der Waals surface area (Å²) in [5.74, 6) is -3.65. The molecule has 0 aromatic rings. The number of hydrogen-bond acceptors (Lipinski definition) is 8. The van der Waals surface area contributed by atoms with Crippen molar-refractivity contribution in [3.05, 3.63) is 24.3 Å². The van der Waals surface area contributed by atoms with Crippen LogP contribution in [0.1, 0.15) is 27.7 Å². The third-order valence-electron chi connectivity index (χ3n) is 1.83. The van der Waals surface area contributed by atoms with Crippen molar-refractivity contribution >= 4 is 23.9 Å². The van der Waals surface area contributed by atoms with Gasteiger partial charge >= 0.3 is 31.4 Å². The van der Waals surface area contributed by atoms with Crippen LogP contribution in [0.4, 0.5) is 0 Å². The molecule has 0 N–H and O–H groups in total. The summed E-state index contributed by atoms with van der Waals surface area (Å²) in [6.45, 7) is 8.11. The Hall–Kier alpha value is -2.02. The van der Waals surface area contributed by atoms with Gasteiger partial charge in [0.2, 0.25) is 0 Å². The molecule has 0 aliphatic rings. The van der Waals surface area contributed by atoms with Crippen molar-refractivity contribution in [2.24, 2.45) is 11.8 Å². The summed E-state index contributed by atoms with van der Waals surface area (Å²) in [6.07, 6.45) is 2.95. The minimum atomic E-state index is -1.41. The molecule has 0 unspecified atom stereocenters. The topological polar surface area (TPSA) is 133 Å². The second-order valence-electron chi connectivity index (χ2n) is 5.35. The predicted octanol–water partition coefficient (Wildman–Crippen LogP) is -1.02. The van der Waals surface area contributed by atoms with Crippen molar-refractivity contribution in [2.45, 2.75) is 27.7 Å². The first-order valence-corrected chi connectivity index (χ1v) is 7.16. The maximum atomic E-state index is 10.7. The Kier molecular flexibility index (Phi) is 18.7. The molecule has 0 aliphatic heterocycles. The molecule has 0 spiro atoms. The second kappa shape index (κ2) is 16.8. The molecule has 9 heteroatoms. The smallest absolute Gasteiger partial charge is 0.545 e. The zero-order valence-electron chi connectivity index (χ0n) is 14.9. The van der Waals surface area contributed by atoms with E-state index in [1.807, 2.05) is 27.7 Å². The van der Waals surface area contributed by atoms with Crippen molar-refractivity contribution in [3.8, 4) is 0 Å². The van der Waals surface area contributed by atoms with Gasteiger partial charge in [-0.2, -0.15) is 0 Å². The molecule has 0 fully saturated rings. The summed E-state index contributed by atoms with van der Waals surface area (Å²) >= 11 is 0. The summed E-state index contributed by atoms with van der Waals surface area (Å²) in [6, 6.07) is 0. The van der Waals surface area contributed by atoms with E-state index in [-0.39, 0.29) is 44.5 Å². The zero-order chi connectivity index (χ0) is 19.1. The SMILES string of the molecule is CC(C)COC(=O)/C=C\C(=O)[O-].CC(C)COC(=O)/C=C\C(=O)[O-].[Zn+2]. The normalized spacial score (nSPS) is 10.2. The Balaban J connectivity index is -0.000000372. The van der Waals surface area contributed by atoms with Crippen LogP contribution in [-0.2, 0) is 48.1 Å². The van der Waals surface area contributed by atoms with Crippen LogP contribution in [0.15, 0.2) is 24.3 Å². The van der Waals surface area contributed by atoms with Gasteiger partial charge in [-0.05, 0) is 24.0 Å². The maximum absolute atomic E-state index is 10.7. The van der Waals surface area contributed by atoms with Gasteiger partial charge in [0, 0.05) is 12.2 Å². The van der Waals surface area contributed by atoms with Crippen LogP contribution in [0.5, 0.6) is 0 Å². The number of esters is 2. The van der Waals surface area contributed by atoms with Gasteiger partial charge in [-0.3, -0.25) is 0 Å². The molecule has 0 saturated heterocycles. The molecule has 0 amide bonds.